The van der Waals surface area contributed by atoms with Gasteiger partial charge in [0.15, 0.2) is 0 Å². The van der Waals surface area contributed by atoms with E-state index < -0.39 is 11.6 Å². The fraction of sp³-hybridized carbons (Fsp3) is 0.571. The lowest BCUT2D eigenvalue weighted by Gasteiger charge is -2.27. The van der Waals surface area contributed by atoms with Gasteiger partial charge in [-0.05, 0) is 43.0 Å². The summed E-state index contributed by atoms with van der Waals surface area (Å²) in [5.41, 5.74) is 6.34. The lowest BCUT2D eigenvalue weighted by Crippen LogP contribution is -2.42. The van der Waals surface area contributed by atoms with Crippen molar-refractivity contribution in [2.45, 2.75) is 39.3 Å². The molecule has 0 spiro atoms. The molecule has 0 heterocycles. The van der Waals surface area contributed by atoms with Crippen molar-refractivity contribution >= 4 is 0 Å². The first-order valence-electron chi connectivity index (χ1n) is 6.26. The molecule has 1 aromatic carbocycles. The summed E-state index contributed by atoms with van der Waals surface area (Å²) >= 11 is 0. The van der Waals surface area contributed by atoms with Gasteiger partial charge in [-0.25, -0.2) is 8.78 Å². The number of rotatable bonds is 6. The summed E-state index contributed by atoms with van der Waals surface area (Å²) in [5, 5.41) is 0. The van der Waals surface area contributed by atoms with E-state index >= 15 is 0 Å². The van der Waals surface area contributed by atoms with E-state index in [9.17, 15) is 8.78 Å². The molecule has 2 nitrogen and oxygen atoms in total. The van der Waals surface area contributed by atoms with E-state index in [1.54, 1.807) is 0 Å². The number of hydrogen-bond acceptors (Lipinski definition) is 2. The molecule has 1 rings (SSSR count). The van der Waals surface area contributed by atoms with Crippen molar-refractivity contribution in [2.24, 2.45) is 11.7 Å². The third-order valence-corrected chi connectivity index (χ3v) is 2.90. The maximum Gasteiger partial charge on any atom is 0.126 e. The smallest absolute Gasteiger partial charge is 0.126 e. The molecule has 0 radical (unpaired) electrons. The van der Waals surface area contributed by atoms with Crippen molar-refractivity contribution in [1.29, 1.82) is 0 Å². The van der Waals surface area contributed by atoms with Crippen molar-refractivity contribution in [1.82, 2.24) is 0 Å². The third kappa shape index (κ3) is 4.03. The number of halogens is 2. The highest BCUT2D eigenvalue weighted by molar-refractivity contribution is 5.20. The molecule has 0 saturated carbocycles. The van der Waals surface area contributed by atoms with E-state index in [0.29, 0.717) is 12.2 Å². The molecule has 0 fully saturated rings. The molecule has 0 aliphatic carbocycles. The molecule has 18 heavy (non-hydrogen) atoms. The van der Waals surface area contributed by atoms with Crippen molar-refractivity contribution in [3.8, 4) is 0 Å². The zero-order chi connectivity index (χ0) is 13.7. The SMILES string of the molecule is CCOC(C(C)C)C(N)Cc1cc(F)ccc1F. The Labute approximate surface area is 107 Å². The predicted molar refractivity (Wildman–Crippen MR) is 68.3 cm³/mol. The van der Waals surface area contributed by atoms with Crippen LogP contribution in [0.4, 0.5) is 8.78 Å². The van der Waals surface area contributed by atoms with Gasteiger partial charge in [0, 0.05) is 12.6 Å². The van der Waals surface area contributed by atoms with Crippen LogP contribution in [0.25, 0.3) is 0 Å². The summed E-state index contributed by atoms with van der Waals surface area (Å²) < 4.78 is 32.2. The van der Waals surface area contributed by atoms with Crippen molar-refractivity contribution in [2.75, 3.05) is 6.61 Å². The molecule has 4 heteroatoms. The van der Waals surface area contributed by atoms with Crippen LogP contribution in [0.1, 0.15) is 26.3 Å². The minimum atomic E-state index is -0.448. The second kappa shape index (κ2) is 6.81. The molecular weight excluding hydrogens is 236 g/mol. The summed E-state index contributed by atoms with van der Waals surface area (Å²) in [7, 11) is 0. The van der Waals surface area contributed by atoms with Gasteiger partial charge in [0.1, 0.15) is 11.6 Å². The van der Waals surface area contributed by atoms with Crippen molar-refractivity contribution in [3.63, 3.8) is 0 Å². The van der Waals surface area contributed by atoms with Crippen LogP contribution in [0.2, 0.25) is 0 Å². The maximum atomic E-state index is 13.5. The zero-order valence-electron chi connectivity index (χ0n) is 11.1. The Bertz CT molecular complexity index is 382. The van der Waals surface area contributed by atoms with Crippen LogP contribution in [0, 0.1) is 17.6 Å². The maximum absolute atomic E-state index is 13.5. The lowest BCUT2D eigenvalue weighted by atomic mass is 9.94. The standard InChI is InChI=1S/C14H21F2NO/c1-4-18-14(9(2)3)13(17)8-10-7-11(15)5-6-12(10)16/h5-7,9,13-14H,4,8,17H2,1-3H3. The molecule has 0 aliphatic heterocycles. The Morgan fingerprint density at radius 3 is 2.50 bits per heavy atom. The van der Waals surface area contributed by atoms with E-state index in [2.05, 4.69) is 0 Å². The monoisotopic (exact) mass is 257 g/mol. The van der Waals surface area contributed by atoms with Gasteiger partial charge in [-0.2, -0.15) is 0 Å². The summed E-state index contributed by atoms with van der Waals surface area (Å²) in [5.74, 6) is -0.640. The Hall–Kier alpha value is -1.00. The van der Waals surface area contributed by atoms with Gasteiger partial charge in [0.2, 0.25) is 0 Å². The van der Waals surface area contributed by atoms with Crippen LogP contribution in [-0.2, 0) is 11.2 Å². The van der Waals surface area contributed by atoms with E-state index in [4.69, 9.17) is 10.5 Å². The van der Waals surface area contributed by atoms with Crippen LogP contribution in [0.5, 0.6) is 0 Å². The molecule has 1 aromatic rings. The van der Waals surface area contributed by atoms with Crippen LogP contribution in [0.15, 0.2) is 18.2 Å². The molecule has 0 bridgehead atoms. The highest BCUT2D eigenvalue weighted by Crippen LogP contribution is 2.17. The highest BCUT2D eigenvalue weighted by Gasteiger charge is 2.23. The molecule has 2 unspecified atom stereocenters. The minimum Gasteiger partial charge on any atom is -0.377 e. The average molecular weight is 257 g/mol. The molecular formula is C14H21F2NO. The van der Waals surface area contributed by atoms with Crippen LogP contribution in [-0.4, -0.2) is 18.8 Å². The van der Waals surface area contributed by atoms with Gasteiger partial charge < -0.3 is 10.5 Å². The van der Waals surface area contributed by atoms with Gasteiger partial charge in [0.05, 0.1) is 6.10 Å². The Morgan fingerprint density at radius 1 is 1.28 bits per heavy atom. The number of ether oxygens (including phenoxy) is 1. The first-order valence-corrected chi connectivity index (χ1v) is 6.26. The molecule has 2 N–H and O–H groups in total. The van der Waals surface area contributed by atoms with Gasteiger partial charge in [-0.15, -0.1) is 0 Å². The highest BCUT2D eigenvalue weighted by atomic mass is 19.1. The second-order valence-electron chi connectivity index (χ2n) is 4.77. The third-order valence-electron chi connectivity index (χ3n) is 2.90. The minimum absolute atomic E-state index is 0.155. The molecule has 0 aliphatic rings. The quantitative estimate of drug-likeness (QED) is 0.850. The van der Waals surface area contributed by atoms with E-state index in [1.165, 1.54) is 6.07 Å². The van der Waals surface area contributed by atoms with Crippen molar-refractivity contribution in [3.05, 3.63) is 35.4 Å². The second-order valence-corrected chi connectivity index (χ2v) is 4.77. The van der Waals surface area contributed by atoms with E-state index in [0.717, 1.165) is 12.1 Å². The Kier molecular flexibility index (Phi) is 5.69. The summed E-state index contributed by atoms with van der Waals surface area (Å²) in [6.45, 7) is 6.46. The number of hydrogen-bond donors (Lipinski definition) is 1. The zero-order valence-corrected chi connectivity index (χ0v) is 11.1. The molecule has 0 amide bonds. The van der Waals surface area contributed by atoms with Gasteiger partial charge in [0.25, 0.3) is 0 Å². The van der Waals surface area contributed by atoms with E-state index in [-0.39, 0.29) is 24.5 Å². The molecule has 0 saturated heterocycles. The summed E-state index contributed by atoms with van der Waals surface area (Å²) in [6, 6.07) is 3.08. The molecule has 102 valence electrons. The normalized spacial score (nSPS) is 14.8. The number of benzene rings is 1. The summed E-state index contributed by atoms with van der Waals surface area (Å²) in [6.07, 6.45) is 0.115. The Morgan fingerprint density at radius 2 is 1.94 bits per heavy atom. The largest absolute Gasteiger partial charge is 0.377 e. The fourth-order valence-electron chi connectivity index (χ4n) is 2.07. The predicted octanol–water partition coefficient (Wildman–Crippen LogP) is 2.90. The first-order chi connectivity index (χ1) is 8.45. The van der Waals surface area contributed by atoms with Gasteiger partial charge >= 0.3 is 0 Å². The first kappa shape index (κ1) is 15.1. The molecule has 0 aromatic heterocycles. The van der Waals surface area contributed by atoms with Gasteiger partial charge in [-0.3, -0.25) is 0 Å². The summed E-state index contributed by atoms with van der Waals surface area (Å²) in [4.78, 5) is 0. The van der Waals surface area contributed by atoms with Crippen molar-refractivity contribution < 1.29 is 13.5 Å². The van der Waals surface area contributed by atoms with Crippen LogP contribution >= 0.6 is 0 Å². The number of nitrogens with two attached hydrogens (primary N) is 1. The topological polar surface area (TPSA) is 35.2 Å². The van der Waals surface area contributed by atoms with Crippen LogP contribution < -0.4 is 5.73 Å². The lowest BCUT2D eigenvalue weighted by molar-refractivity contribution is 0.0126. The fourth-order valence-corrected chi connectivity index (χ4v) is 2.07. The van der Waals surface area contributed by atoms with E-state index in [1.807, 2.05) is 20.8 Å². The Balaban J connectivity index is 2.78. The van der Waals surface area contributed by atoms with Crippen LogP contribution in [0.3, 0.4) is 0 Å². The average Bonchev–Trinajstić information content (AvgIpc) is 2.30. The van der Waals surface area contributed by atoms with Gasteiger partial charge in [-0.1, -0.05) is 13.8 Å². The molecule has 2 atom stereocenters.